The summed E-state index contributed by atoms with van der Waals surface area (Å²) in [5.41, 5.74) is 0. The highest BCUT2D eigenvalue weighted by Gasteiger charge is 2.03. The zero-order valence-electron chi connectivity index (χ0n) is 10.7. The fraction of sp³-hybridized carbons (Fsp3) is 0.917. The zero-order valence-corrected chi connectivity index (χ0v) is 10.7. The van der Waals surface area contributed by atoms with Gasteiger partial charge in [-0.3, -0.25) is 4.90 Å². The Bertz CT molecular complexity index is 180. The molecule has 4 nitrogen and oxygen atoms in total. The smallest absolute Gasteiger partial charge is 0.0635 e. The van der Waals surface area contributed by atoms with Crippen molar-refractivity contribution in [3.8, 4) is 6.07 Å². The first-order valence-corrected chi connectivity index (χ1v) is 6.14. The topological polar surface area (TPSA) is 48.3 Å². The molecule has 0 aromatic heterocycles. The second-order valence-electron chi connectivity index (χ2n) is 3.85. The average molecular weight is 227 g/mol. The van der Waals surface area contributed by atoms with Gasteiger partial charge in [0.05, 0.1) is 12.7 Å². The molecule has 94 valence electrons. The van der Waals surface area contributed by atoms with Crippen molar-refractivity contribution >= 4 is 0 Å². The summed E-state index contributed by atoms with van der Waals surface area (Å²) in [5.74, 6) is 0. The molecule has 0 amide bonds. The maximum Gasteiger partial charge on any atom is 0.0635 e. The molecule has 0 radical (unpaired) electrons. The summed E-state index contributed by atoms with van der Waals surface area (Å²) >= 11 is 0. The predicted octanol–water partition coefficient (Wildman–Crippen LogP) is 1.24. The molecule has 4 heteroatoms. The van der Waals surface area contributed by atoms with Crippen molar-refractivity contribution in [3.05, 3.63) is 0 Å². The minimum atomic E-state index is 0.603. The molecule has 1 N–H and O–H groups in total. The highest BCUT2D eigenvalue weighted by atomic mass is 16.5. The van der Waals surface area contributed by atoms with Crippen LogP contribution < -0.4 is 5.32 Å². The Morgan fingerprint density at radius 1 is 1.25 bits per heavy atom. The van der Waals surface area contributed by atoms with E-state index >= 15 is 0 Å². The molecule has 0 unspecified atom stereocenters. The molecule has 0 aliphatic heterocycles. The lowest BCUT2D eigenvalue weighted by Crippen LogP contribution is -2.31. The second kappa shape index (κ2) is 12.4. The lowest BCUT2D eigenvalue weighted by molar-refractivity contribution is 0.148. The summed E-state index contributed by atoms with van der Waals surface area (Å²) in [5, 5.41) is 11.9. The SMILES string of the molecule is CCCNCCCN(CCC#N)CCOC. The molecule has 0 rings (SSSR count). The molecule has 0 fully saturated rings. The Labute approximate surface area is 99.6 Å². The van der Waals surface area contributed by atoms with E-state index in [0.717, 1.165) is 45.8 Å². The summed E-state index contributed by atoms with van der Waals surface area (Å²) in [7, 11) is 1.71. The lowest BCUT2D eigenvalue weighted by atomic mass is 10.3. The molecule has 0 heterocycles. The molecule has 0 atom stereocenters. The fourth-order valence-electron chi connectivity index (χ4n) is 1.49. The molecule has 0 saturated heterocycles. The third-order valence-electron chi connectivity index (χ3n) is 2.41. The van der Waals surface area contributed by atoms with Crippen molar-refractivity contribution in [3.63, 3.8) is 0 Å². The number of ether oxygens (including phenoxy) is 1. The average Bonchev–Trinajstić information content (AvgIpc) is 2.31. The molecule has 16 heavy (non-hydrogen) atoms. The van der Waals surface area contributed by atoms with Gasteiger partial charge in [-0.15, -0.1) is 0 Å². The number of nitrogens with zero attached hydrogens (tertiary/aromatic N) is 2. The molecule has 0 aromatic rings. The standard InChI is InChI=1S/C12H25N3O/c1-3-7-14-8-5-10-15(9-4-6-13)11-12-16-2/h14H,3-5,7-12H2,1-2H3. The highest BCUT2D eigenvalue weighted by molar-refractivity contribution is 4.72. The van der Waals surface area contributed by atoms with Gasteiger partial charge in [0.2, 0.25) is 0 Å². The summed E-state index contributed by atoms with van der Waals surface area (Å²) in [6.45, 7) is 7.89. The van der Waals surface area contributed by atoms with Crippen LogP contribution in [0, 0.1) is 11.3 Å². The third-order valence-corrected chi connectivity index (χ3v) is 2.41. The van der Waals surface area contributed by atoms with Crippen LogP contribution in [-0.4, -0.2) is 51.3 Å². The first kappa shape index (κ1) is 15.4. The summed E-state index contributed by atoms with van der Waals surface area (Å²) in [4.78, 5) is 2.29. The monoisotopic (exact) mass is 227 g/mol. The number of rotatable bonds is 11. The van der Waals surface area contributed by atoms with Crippen LogP contribution in [0.25, 0.3) is 0 Å². The Balaban J connectivity index is 3.53. The predicted molar refractivity (Wildman–Crippen MR) is 66.3 cm³/mol. The van der Waals surface area contributed by atoms with Crippen molar-refractivity contribution < 1.29 is 4.74 Å². The largest absolute Gasteiger partial charge is 0.383 e. The Morgan fingerprint density at radius 3 is 2.69 bits per heavy atom. The molecule has 0 saturated carbocycles. The molecule has 0 aromatic carbocycles. The minimum absolute atomic E-state index is 0.603. The summed E-state index contributed by atoms with van der Waals surface area (Å²) in [6.07, 6.45) is 2.92. The van der Waals surface area contributed by atoms with Gasteiger partial charge < -0.3 is 10.1 Å². The van der Waals surface area contributed by atoms with Crippen LogP contribution in [0.4, 0.5) is 0 Å². The van der Waals surface area contributed by atoms with Crippen molar-refractivity contribution in [1.29, 1.82) is 5.26 Å². The molecule has 0 aliphatic carbocycles. The van der Waals surface area contributed by atoms with E-state index in [0.29, 0.717) is 6.42 Å². The molecule has 0 bridgehead atoms. The second-order valence-corrected chi connectivity index (χ2v) is 3.85. The van der Waals surface area contributed by atoms with Crippen molar-refractivity contribution in [2.24, 2.45) is 0 Å². The normalized spacial score (nSPS) is 10.6. The van der Waals surface area contributed by atoms with Crippen LogP contribution in [-0.2, 0) is 4.74 Å². The first-order valence-electron chi connectivity index (χ1n) is 6.14. The molecule has 0 aliphatic rings. The fourth-order valence-corrected chi connectivity index (χ4v) is 1.49. The van der Waals surface area contributed by atoms with Gasteiger partial charge in [0, 0.05) is 26.6 Å². The van der Waals surface area contributed by atoms with Crippen LogP contribution in [0.5, 0.6) is 0 Å². The minimum Gasteiger partial charge on any atom is -0.383 e. The maximum absolute atomic E-state index is 8.56. The van der Waals surface area contributed by atoms with Gasteiger partial charge in [-0.2, -0.15) is 5.26 Å². The van der Waals surface area contributed by atoms with Crippen molar-refractivity contribution in [2.75, 3.05) is 46.4 Å². The van der Waals surface area contributed by atoms with Gasteiger partial charge in [-0.05, 0) is 32.5 Å². The van der Waals surface area contributed by atoms with E-state index in [2.05, 4.69) is 23.2 Å². The van der Waals surface area contributed by atoms with Gasteiger partial charge in [0.1, 0.15) is 0 Å². The third kappa shape index (κ3) is 9.91. The van der Waals surface area contributed by atoms with Crippen molar-refractivity contribution in [1.82, 2.24) is 10.2 Å². The van der Waals surface area contributed by atoms with Crippen molar-refractivity contribution in [2.45, 2.75) is 26.2 Å². The van der Waals surface area contributed by atoms with E-state index in [9.17, 15) is 0 Å². The number of methoxy groups -OCH3 is 1. The molecule has 0 spiro atoms. The Morgan fingerprint density at radius 2 is 2.06 bits per heavy atom. The summed E-state index contributed by atoms with van der Waals surface area (Å²) in [6, 6.07) is 2.19. The van der Waals surface area contributed by atoms with Gasteiger partial charge in [-0.1, -0.05) is 6.92 Å². The van der Waals surface area contributed by atoms with E-state index in [1.807, 2.05) is 0 Å². The van der Waals surface area contributed by atoms with Crippen LogP contribution >= 0.6 is 0 Å². The van der Waals surface area contributed by atoms with Gasteiger partial charge in [0.15, 0.2) is 0 Å². The highest BCUT2D eigenvalue weighted by Crippen LogP contribution is 1.94. The van der Waals surface area contributed by atoms with E-state index in [4.69, 9.17) is 10.00 Å². The van der Waals surface area contributed by atoms with Gasteiger partial charge in [0.25, 0.3) is 0 Å². The van der Waals surface area contributed by atoms with Gasteiger partial charge in [-0.25, -0.2) is 0 Å². The van der Waals surface area contributed by atoms with Crippen LogP contribution in [0.1, 0.15) is 26.2 Å². The Hall–Kier alpha value is -0.630. The van der Waals surface area contributed by atoms with E-state index < -0.39 is 0 Å². The van der Waals surface area contributed by atoms with Crippen LogP contribution in [0.3, 0.4) is 0 Å². The summed E-state index contributed by atoms with van der Waals surface area (Å²) < 4.78 is 5.06. The first-order chi connectivity index (χ1) is 7.85. The quantitative estimate of drug-likeness (QED) is 0.540. The van der Waals surface area contributed by atoms with E-state index in [-0.39, 0.29) is 0 Å². The van der Waals surface area contributed by atoms with E-state index in [1.54, 1.807) is 7.11 Å². The Kier molecular flexibility index (Phi) is 11.9. The van der Waals surface area contributed by atoms with Gasteiger partial charge >= 0.3 is 0 Å². The zero-order chi connectivity index (χ0) is 12.1. The van der Waals surface area contributed by atoms with Crippen LogP contribution in [0.15, 0.2) is 0 Å². The van der Waals surface area contributed by atoms with E-state index in [1.165, 1.54) is 6.42 Å². The number of nitriles is 1. The van der Waals surface area contributed by atoms with Crippen LogP contribution in [0.2, 0.25) is 0 Å². The number of hydrogen-bond acceptors (Lipinski definition) is 4. The maximum atomic E-state index is 8.56. The number of hydrogen-bond donors (Lipinski definition) is 1. The molecular weight excluding hydrogens is 202 g/mol. The lowest BCUT2D eigenvalue weighted by Gasteiger charge is -2.20. The number of nitrogens with one attached hydrogen (secondary N) is 1. The molecular formula is C12H25N3O.